The van der Waals surface area contributed by atoms with Gasteiger partial charge in [-0.2, -0.15) is 5.10 Å². The van der Waals surface area contributed by atoms with Gasteiger partial charge in [-0.15, -0.1) is 0 Å². The molecule has 1 N–H and O–H groups in total. The Morgan fingerprint density at radius 1 is 1.14 bits per heavy atom. The van der Waals surface area contributed by atoms with Crippen LogP contribution in [0.5, 0.6) is 0 Å². The molecule has 0 fully saturated rings. The summed E-state index contributed by atoms with van der Waals surface area (Å²) in [5.74, 6) is 1.80. The highest BCUT2D eigenvalue weighted by atomic mass is 15.3. The number of hydrogen-bond donors (Lipinski definition) is 1. The molecule has 114 valence electrons. The molecule has 0 aliphatic heterocycles. The number of nitrogens with zero attached hydrogens (tertiary/aromatic N) is 3. The molecule has 0 amide bonds. The first-order valence-electron chi connectivity index (χ1n) is 7.84. The Labute approximate surface area is 127 Å². The van der Waals surface area contributed by atoms with Gasteiger partial charge >= 0.3 is 0 Å². The number of hydrogen-bond acceptors (Lipinski definition) is 3. The molecule has 1 heterocycles. The van der Waals surface area contributed by atoms with E-state index in [4.69, 9.17) is 0 Å². The van der Waals surface area contributed by atoms with Crippen LogP contribution in [0.4, 0.5) is 0 Å². The summed E-state index contributed by atoms with van der Waals surface area (Å²) in [6, 6.07) is 9.21. The molecule has 4 heteroatoms. The summed E-state index contributed by atoms with van der Waals surface area (Å²) < 4.78 is 1.99. The maximum Gasteiger partial charge on any atom is 0.147 e. The standard InChI is InChI=1S/C17H26N4/c1-5-7-15-8-10-16(11-9-15)17(18-6-2)12-21-14(4)19-13(3)20-21/h8-11,17-18H,5-7,12H2,1-4H3. The van der Waals surface area contributed by atoms with Crippen LogP contribution in [0.15, 0.2) is 24.3 Å². The molecule has 1 unspecified atom stereocenters. The number of aryl methyl sites for hydroxylation is 3. The quantitative estimate of drug-likeness (QED) is 0.850. The summed E-state index contributed by atoms with van der Waals surface area (Å²) in [5, 5.41) is 8.02. The van der Waals surface area contributed by atoms with E-state index in [1.807, 2.05) is 18.5 Å². The van der Waals surface area contributed by atoms with Crippen molar-refractivity contribution in [2.75, 3.05) is 6.54 Å². The van der Waals surface area contributed by atoms with E-state index in [9.17, 15) is 0 Å². The van der Waals surface area contributed by atoms with E-state index in [-0.39, 0.29) is 6.04 Å². The molecule has 0 spiro atoms. The third kappa shape index (κ3) is 4.14. The van der Waals surface area contributed by atoms with Crippen LogP contribution in [0.25, 0.3) is 0 Å². The zero-order valence-corrected chi connectivity index (χ0v) is 13.6. The molecule has 2 rings (SSSR count). The Kier molecular flexibility index (Phi) is 5.51. The molecule has 0 saturated heterocycles. The fourth-order valence-corrected chi connectivity index (χ4v) is 2.65. The van der Waals surface area contributed by atoms with Gasteiger partial charge in [0.2, 0.25) is 0 Å². The second-order valence-corrected chi connectivity index (χ2v) is 5.49. The van der Waals surface area contributed by atoms with Gasteiger partial charge in [0.05, 0.1) is 12.6 Å². The van der Waals surface area contributed by atoms with Gasteiger partial charge in [-0.3, -0.25) is 0 Å². The van der Waals surface area contributed by atoms with Crippen molar-refractivity contribution < 1.29 is 0 Å². The lowest BCUT2D eigenvalue weighted by Crippen LogP contribution is -2.26. The number of nitrogens with one attached hydrogen (secondary N) is 1. The van der Waals surface area contributed by atoms with Crippen LogP contribution in [0.2, 0.25) is 0 Å². The van der Waals surface area contributed by atoms with Crippen LogP contribution in [-0.4, -0.2) is 21.3 Å². The second-order valence-electron chi connectivity index (χ2n) is 5.49. The van der Waals surface area contributed by atoms with E-state index in [1.54, 1.807) is 0 Å². The maximum atomic E-state index is 4.47. The highest BCUT2D eigenvalue weighted by molar-refractivity contribution is 5.25. The fourth-order valence-electron chi connectivity index (χ4n) is 2.65. The topological polar surface area (TPSA) is 42.7 Å². The summed E-state index contributed by atoms with van der Waals surface area (Å²) in [6.45, 7) is 10.0. The minimum absolute atomic E-state index is 0.269. The van der Waals surface area contributed by atoms with Crippen molar-refractivity contribution in [2.45, 2.75) is 53.1 Å². The SMILES string of the molecule is CCCc1ccc(C(Cn2nc(C)nc2C)NCC)cc1. The minimum Gasteiger partial charge on any atom is -0.309 e. The van der Waals surface area contributed by atoms with Gasteiger partial charge in [-0.1, -0.05) is 44.5 Å². The Hall–Kier alpha value is -1.68. The Bertz CT molecular complexity index is 557. The fraction of sp³-hybridized carbons (Fsp3) is 0.529. The number of rotatable bonds is 7. The molecule has 4 nitrogen and oxygen atoms in total. The molecule has 1 aromatic carbocycles. The number of aromatic nitrogens is 3. The van der Waals surface area contributed by atoms with Crippen molar-refractivity contribution in [3.8, 4) is 0 Å². The lowest BCUT2D eigenvalue weighted by molar-refractivity contribution is 0.440. The summed E-state index contributed by atoms with van der Waals surface area (Å²) in [6.07, 6.45) is 2.33. The number of benzene rings is 1. The Balaban J connectivity index is 2.16. The van der Waals surface area contributed by atoms with E-state index >= 15 is 0 Å². The Morgan fingerprint density at radius 3 is 2.38 bits per heavy atom. The van der Waals surface area contributed by atoms with Gasteiger partial charge in [0.25, 0.3) is 0 Å². The number of likely N-dealkylation sites (N-methyl/N-ethyl adjacent to an activating group) is 1. The van der Waals surface area contributed by atoms with E-state index < -0.39 is 0 Å². The Morgan fingerprint density at radius 2 is 1.86 bits per heavy atom. The summed E-state index contributed by atoms with van der Waals surface area (Å²) in [7, 11) is 0. The molecule has 2 aromatic rings. The molecule has 1 atom stereocenters. The molecule has 1 aromatic heterocycles. The second kappa shape index (κ2) is 7.36. The smallest absolute Gasteiger partial charge is 0.147 e. The average Bonchev–Trinajstić information content (AvgIpc) is 2.78. The molecule has 0 bridgehead atoms. The molecule has 21 heavy (non-hydrogen) atoms. The molecule has 0 aliphatic carbocycles. The minimum atomic E-state index is 0.269. The first kappa shape index (κ1) is 15.7. The molecule has 0 radical (unpaired) electrons. The van der Waals surface area contributed by atoms with Crippen LogP contribution < -0.4 is 5.32 Å². The van der Waals surface area contributed by atoms with Crippen molar-refractivity contribution in [1.29, 1.82) is 0 Å². The summed E-state index contributed by atoms with van der Waals surface area (Å²) >= 11 is 0. The first-order chi connectivity index (χ1) is 10.1. The highest BCUT2D eigenvalue weighted by Gasteiger charge is 2.13. The van der Waals surface area contributed by atoms with Crippen molar-refractivity contribution in [2.24, 2.45) is 0 Å². The molecular weight excluding hydrogens is 260 g/mol. The van der Waals surface area contributed by atoms with E-state index in [2.05, 4.69) is 53.5 Å². The van der Waals surface area contributed by atoms with Gasteiger partial charge in [0.15, 0.2) is 0 Å². The molecule has 0 saturated carbocycles. The van der Waals surface area contributed by atoms with Gasteiger partial charge < -0.3 is 5.32 Å². The zero-order chi connectivity index (χ0) is 15.2. The largest absolute Gasteiger partial charge is 0.309 e. The van der Waals surface area contributed by atoms with Crippen LogP contribution in [0, 0.1) is 13.8 Å². The van der Waals surface area contributed by atoms with Gasteiger partial charge in [-0.05, 0) is 37.9 Å². The van der Waals surface area contributed by atoms with Gasteiger partial charge in [0, 0.05) is 0 Å². The van der Waals surface area contributed by atoms with Crippen molar-refractivity contribution in [3.63, 3.8) is 0 Å². The third-order valence-corrected chi connectivity index (χ3v) is 3.69. The normalized spacial score (nSPS) is 12.6. The molecule has 0 aliphatic rings. The lowest BCUT2D eigenvalue weighted by Gasteiger charge is -2.19. The summed E-state index contributed by atoms with van der Waals surface area (Å²) in [4.78, 5) is 4.38. The highest BCUT2D eigenvalue weighted by Crippen LogP contribution is 2.17. The van der Waals surface area contributed by atoms with Crippen LogP contribution in [0.3, 0.4) is 0 Å². The van der Waals surface area contributed by atoms with Gasteiger partial charge in [-0.25, -0.2) is 9.67 Å². The predicted octanol–water partition coefficient (Wildman–Crippen LogP) is 3.20. The lowest BCUT2D eigenvalue weighted by atomic mass is 10.0. The molecular formula is C17H26N4. The van der Waals surface area contributed by atoms with Crippen LogP contribution >= 0.6 is 0 Å². The maximum absolute atomic E-state index is 4.47. The van der Waals surface area contributed by atoms with Crippen LogP contribution in [0.1, 0.15) is 49.1 Å². The monoisotopic (exact) mass is 286 g/mol. The average molecular weight is 286 g/mol. The van der Waals surface area contributed by atoms with Crippen molar-refractivity contribution >= 4 is 0 Å². The van der Waals surface area contributed by atoms with Crippen molar-refractivity contribution in [1.82, 2.24) is 20.1 Å². The van der Waals surface area contributed by atoms with E-state index in [0.717, 1.165) is 31.2 Å². The van der Waals surface area contributed by atoms with E-state index in [0.29, 0.717) is 0 Å². The first-order valence-corrected chi connectivity index (χ1v) is 7.84. The van der Waals surface area contributed by atoms with Gasteiger partial charge in [0.1, 0.15) is 11.6 Å². The van der Waals surface area contributed by atoms with Crippen molar-refractivity contribution in [3.05, 3.63) is 47.0 Å². The van der Waals surface area contributed by atoms with Crippen LogP contribution in [-0.2, 0) is 13.0 Å². The summed E-state index contributed by atoms with van der Waals surface area (Å²) in [5.41, 5.74) is 2.72. The third-order valence-electron chi connectivity index (χ3n) is 3.69. The van der Waals surface area contributed by atoms with E-state index in [1.165, 1.54) is 17.5 Å². The zero-order valence-electron chi connectivity index (χ0n) is 13.6. The predicted molar refractivity (Wildman–Crippen MR) is 86.4 cm³/mol.